The van der Waals surface area contributed by atoms with Gasteiger partial charge in [-0.3, -0.25) is 19.4 Å². The van der Waals surface area contributed by atoms with Crippen molar-refractivity contribution in [3.05, 3.63) is 54.7 Å². The second kappa shape index (κ2) is 7.07. The lowest BCUT2D eigenvalue weighted by Crippen LogP contribution is -2.28. The zero-order valence-electron chi connectivity index (χ0n) is 14.7. The Kier molecular flexibility index (Phi) is 4.48. The van der Waals surface area contributed by atoms with E-state index in [4.69, 9.17) is 0 Å². The van der Waals surface area contributed by atoms with Crippen LogP contribution in [0.5, 0.6) is 0 Å². The lowest BCUT2D eigenvalue weighted by Gasteiger charge is -2.11. The summed E-state index contributed by atoms with van der Waals surface area (Å²) in [5.74, 6) is 0.380. The van der Waals surface area contributed by atoms with Crippen molar-refractivity contribution in [3.8, 4) is 22.4 Å². The van der Waals surface area contributed by atoms with Crippen molar-refractivity contribution < 1.29 is 4.79 Å². The first-order chi connectivity index (χ1) is 12.7. The standard InChI is InChI=1S/C20H21N5O/c1-14-2-3-17(12-23-14)19-18(15-6-8-21-9-7-15)13-24-25(19)11-10-22-20(26)16-4-5-16/h2-3,6-9,12-13,16H,4-5,10-11H2,1H3,(H,22,26). The molecule has 6 nitrogen and oxygen atoms in total. The zero-order valence-corrected chi connectivity index (χ0v) is 14.7. The van der Waals surface area contributed by atoms with Gasteiger partial charge in [-0.1, -0.05) is 0 Å². The molecule has 3 heterocycles. The number of aryl methyl sites for hydroxylation is 1. The van der Waals surface area contributed by atoms with Gasteiger partial charge in [0, 0.05) is 47.9 Å². The van der Waals surface area contributed by atoms with Crippen LogP contribution in [-0.2, 0) is 11.3 Å². The minimum atomic E-state index is 0.157. The lowest BCUT2D eigenvalue weighted by atomic mass is 10.0. The molecule has 1 amide bonds. The number of carbonyl (C=O) groups is 1. The Bertz CT molecular complexity index is 898. The number of carbonyl (C=O) groups excluding carboxylic acids is 1. The molecule has 4 rings (SSSR count). The normalized spacial score (nSPS) is 13.6. The second-order valence-corrected chi connectivity index (χ2v) is 6.62. The number of pyridine rings is 2. The van der Waals surface area contributed by atoms with Crippen LogP contribution >= 0.6 is 0 Å². The van der Waals surface area contributed by atoms with E-state index >= 15 is 0 Å². The molecule has 0 atom stereocenters. The number of hydrogen-bond donors (Lipinski definition) is 1. The van der Waals surface area contributed by atoms with E-state index in [-0.39, 0.29) is 11.8 Å². The smallest absolute Gasteiger partial charge is 0.223 e. The second-order valence-electron chi connectivity index (χ2n) is 6.62. The van der Waals surface area contributed by atoms with Gasteiger partial charge in [-0.2, -0.15) is 5.10 Å². The molecule has 0 spiro atoms. The molecule has 6 heteroatoms. The van der Waals surface area contributed by atoms with Crippen molar-refractivity contribution >= 4 is 5.91 Å². The van der Waals surface area contributed by atoms with Crippen LogP contribution in [0.15, 0.2) is 49.1 Å². The first-order valence-electron chi connectivity index (χ1n) is 8.89. The van der Waals surface area contributed by atoms with Gasteiger partial charge in [-0.05, 0) is 49.6 Å². The number of aromatic nitrogens is 4. The highest BCUT2D eigenvalue weighted by Gasteiger charge is 2.29. The maximum absolute atomic E-state index is 11.9. The van der Waals surface area contributed by atoms with Gasteiger partial charge in [0.25, 0.3) is 0 Å². The van der Waals surface area contributed by atoms with Crippen molar-refractivity contribution in [3.63, 3.8) is 0 Å². The lowest BCUT2D eigenvalue weighted by molar-refractivity contribution is -0.122. The molecule has 0 bridgehead atoms. The topological polar surface area (TPSA) is 72.7 Å². The molecule has 0 unspecified atom stereocenters. The molecule has 132 valence electrons. The van der Waals surface area contributed by atoms with E-state index < -0.39 is 0 Å². The molecule has 0 aliphatic heterocycles. The third kappa shape index (κ3) is 3.49. The van der Waals surface area contributed by atoms with Gasteiger partial charge in [0.05, 0.1) is 18.4 Å². The number of hydrogen-bond acceptors (Lipinski definition) is 4. The fourth-order valence-corrected chi connectivity index (χ4v) is 2.98. The van der Waals surface area contributed by atoms with Crippen molar-refractivity contribution in [2.45, 2.75) is 26.3 Å². The van der Waals surface area contributed by atoms with E-state index in [9.17, 15) is 4.79 Å². The first kappa shape index (κ1) is 16.4. The molecule has 1 N–H and O–H groups in total. The largest absolute Gasteiger partial charge is 0.354 e. The summed E-state index contributed by atoms with van der Waals surface area (Å²) in [7, 11) is 0. The van der Waals surface area contributed by atoms with Crippen LogP contribution in [0.25, 0.3) is 22.4 Å². The summed E-state index contributed by atoms with van der Waals surface area (Å²) >= 11 is 0. The molecular weight excluding hydrogens is 326 g/mol. The summed E-state index contributed by atoms with van der Waals surface area (Å²) in [6, 6.07) is 8.00. The number of nitrogens with zero attached hydrogens (tertiary/aromatic N) is 4. The first-order valence-corrected chi connectivity index (χ1v) is 8.89. The quantitative estimate of drug-likeness (QED) is 0.744. The van der Waals surface area contributed by atoms with E-state index in [1.807, 2.05) is 42.2 Å². The Labute approximate surface area is 152 Å². The third-order valence-electron chi connectivity index (χ3n) is 4.59. The van der Waals surface area contributed by atoms with Crippen LogP contribution in [0, 0.1) is 12.8 Å². The van der Waals surface area contributed by atoms with Crippen molar-refractivity contribution in [1.29, 1.82) is 0 Å². The van der Waals surface area contributed by atoms with Crippen molar-refractivity contribution in [1.82, 2.24) is 25.1 Å². The van der Waals surface area contributed by atoms with Crippen molar-refractivity contribution in [2.24, 2.45) is 5.92 Å². The molecule has 1 aliphatic rings. The van der Waals surface area contributed by atoms with E-state index in [0.717, 1.165) is 40.9 Å². The molecule has 0 saturated heterocycles. The number of nitrogens with one attached hydrogen (secondary N) is 1. The predicted molar refractivity (Wildman–Crippen MR) is 99.2 cm³/mol. The molecule has 1 saturated carbocycles. The van der Waals surface area contributed by atoms with E-state index in [1.165, 1.54) is 0 Å². The molecule has 26 heavy (non-hydrogen) atoms. The van der Waals surface area contributed by atoms with Gasteiger partial charge in [0.2, 0.25) is 5.91 Å². The van der Waals surface area contributed by atoms with Crippen molar-refractivity contribution in [2.75, 3.05) is 6.54 Å². The summed E-state index contributed by atoms with van der Waals surface area (Å²) in [5, 5.41) is 7.57. The molecule has 1 fully saturated rings. The van der Waals surface area contributed by atoms with Gasteiger partial charge in [-0.25, -0.2) is 0 Å². The minimum Gasteiger partial charge on any atom is -0.354 e. The maximum Gasteiger partial charge on any atom is 0.223 e. The fraction of sp³-hybridized carbons (Fsp3) is 0.300. The molecular formula is C20H21N5O. The van der Waals surface area contributed by atoms with E-state index in [0.29, 0.717) is 13.1 Å². The zero-order chi connectivity index (χ0) is 17.9. The fourth-order valence-electron chi connectivity index (χ4n) is 2.98. The Hall–Kier alpha value is -3.02. The summed E-state index contributed by atoms with van der Waals surface area (Å²) in [5.41, 5.74) is 5.08. The predicted octanol–water partition coefficient (Wildman–Crippen LogP) is 2.84. The Morgan fingerprint density at radius 1 is 1.15 bits per heavy atom. The van der Waals surface area contributed by atoms with Gasteiger partial charge in [-0.15, -0.1) is 0 Å². The monoisotopic (exact) mass is 347 g/mol. The van der Waals surface area contributed by atoms with Crippen LogP contribution in [0.2, 0.25) is 0 Å². The van der Waals surface area contributed by atoms with Crippen LogP contribution in [0.3, 0.4) is 0 Å². The summed E-state index contributed by atoms with van der Waals surface area (Å²) in [6.45, 7) is 3.16. The highest BCUT2D eigenvalue weighted by Crippen LogP contribution is 2.31. The third-order valence-corrected chi connectivity index (χ3v) is 4.59. The highest BCUT2D eigenvalue weighted by molar-refractivity contribution is 5.81. The van der Waals surface area contributed by atoms with Crippen LogP contribution in [0.4, 0.5) is 0 Å². The molecule has 1 aliphatic carbocycles. The SMILES string of the molecule is Cc1ccc(-c2c(-c3ccncc3)cnn2CCNC(=O)C2CC2)cn1. The van der Waals surface area contributed by atoms with Crippen LogP contribution in [-0.4, -0.2) is 32.2 Å². The average Bonchev–Trinajstić information content (AvgIpc) is 3.44. The Morgan fingerprint density at radius 2 is 1.96 bits per heavy atom. The minimum absolute atomic E-state index is 0.157. The van der Waals surface area contributed by atoms with E-state index in [1.54, 1.807) is 12.4 Å². The average molecular weight is 347 g/mol. The number of rotatable bonds is 6. The maximum atomic E-state index is 11.9. The molecule has 3 aromatic heterocycles. The summed E-state index contributed by atoms with van der Waals surface area (Å²) < 4.78 is 1.94. The Balaban J connectivity index is 1.63. The van der Waals surface area contributed by atoms with Crippen LogP contribution in [0.1, 0.15) is 18.5 Å². The van der Waals surface area contributed by atoms with Gasteiger partial charge in [0.1, 0.15) is 0 Å². The summed E-state index contributed by atoms with van der Waals surface area (Å²) in [6.07, 6.45) is 9.32. The highest BCUT2D eigenvalue weighted by atomic mass is 16.2. The van der Waals surface area contributed by atoms with Gasteiger partial charge < -0.3 is 5.32 Å². The molecule has 3 aromatic rings. The number of amides is 1. The van der Waals surface area contributed by atoms with E-state index in [2.05, 4.69) is 26.4 Å². The van der Waals surface area contributed by atoms with Crippen LogP contribution < -0.4 is 5.32 Å². The van der Waals surface area contributed by atoms with Gasteiger partial charge in [0.15, 0.2) is 0 Å². The molecule has 0 radical (unpaired) electrons. The Morgan fingerprint density at radius 3 is 2.65 bits per heavy atom. The van der Waals surface area contributed by atoms with Gasteiger partial charge >= 0.3 is 0 Å². The summed E-state index contributed by atoms with van der Waals surface area (Å²) in [4.78, 5) is 20.4. The molecule has 0 aromatic carbocycles.